The van der Waals surface area contributed by atoms with Crippen LogP contribution in [0.2, 0.25) is 0 Å². The summed E-state index contributed by atoms with van der Waals surface area (Å²) >= 11 is 6.76. The Bertz CT molecular complexity index is 586. The van der Waals surface area contributed by atoms with Crippen molar-refractivity contribution in [3.63, 3.8) is 0 Å². The summed E-state index contributed by atoms with van der Waals surface area (Å²) in [5.41, 5.74) is 1.97. The molecule has 1 nitrogen and oxygen atoms in total. The van der Waals surface area contributed by atoms with E-state index >= 15 is 0 Å². The lowest BCUT2D eigenvalue weighted by atomic mass is 9.99. The molecular weight excluding hydrogens is 385 g/mol. The quantitative estimate of drug-likeness (QED) is 0.765. The van der Waals surface area contributed by atoms with Gasteiger partial charge in [0.1, 0.15) is 5.82 Å². The van der Waals surface area contributed by atoms with Gasteiger partial charge in [0.2, 0.25) is 0 Å². The van der Waals surface area contributed by atoms with Crippen molar-refractivity contribution in [2.75, 3.05) is 7.05 Å². The Hall–Kier alpha value is -0.710. The minimum atomic E-state index is -0.158. The zero-order chi connectivity index (χ0) is 14.5. The maximum absolute atomic E-state index is 13.9. The van der Waals surface area contributed by atoms with Crippen LogP contribution in [0, 0.1) is 5.82 Å². The van der Waals surface area contributed by atoms with Gasteiger partial charge in [0.15, 0.2) is 0 Å². The van der Waals surface area contributed by atoms with Crippen molar-refractivity contribution in [1.82, 2.24) is 5.32 Å². The van der Waals surface area contributed by atoms with Crippen LogP contribution < -0.4 is 5.32 Å². The lowest BCUT2D eigenvalue weighted by Crippen LogP contribution is -2.30. The van der Waals surface area contributed by atoms with Gasteiger partial charge < -0.3 is 5.32 Å². The summed E-state index contributed by atoms with van der Waals surface area (Å²) in [6.45, 7) is 0. The molecule has 0 radical (unpaired) electrons. The van der Waals surface area contributed by atoms with E-state index in [1.54, 1.807) is 0 Å². The second-order valence-electron chi connectivity index (χ2n) is 4.76. The molecule has 0 bridgehead atoms. The highest BCUT2D eigenvalue weighted by Gasteiger charge is 2.12. The normalized spacial score (nSPS) is 12.4. The highest BCUT2D eigenvalue weighted by Crippen LogP contribution is 2.18. The Morgan fingerprint density at radius 2 is 1.80 bits per heavy atom. The Labute approximate surface area is 135 Å². The van der Waals surface area contributed by atoms with Gasteiger partial charge in [-0.2, -0.15) is 0 Å². The molecule has 0 amide bonds. The molecule has 4 heteroatoms. The largest absolute Gasteiger partial charge is 0.316 e. The molecule has 1 N–H and O–H groups in total. The Balaban J connectivity index is 2.09. The maximum Gasteiger partial charge on any atom is 0.127 e. The molecule has 0 saturated carbocycles. The maximum atomic E-state index is 13.9. The van der Waals surface area contributed by atoms with E-state index in [1.165, 1.54) is 11.6 Å². The van der Waals surface area contributed by atoms with Gasteiger partial charge >= 0.3 is 0 Å². The van der Waals surface area contributed by atoms with Crippen molar-refractivity contribution in [2.45, 2.75) is 18.9 Å². The third kappa shape index (κ3) is 4.40. The first kappa shape index (κ1) is 15.7. The Kier molecular flexibility index (Phi) is 5.75. The number of hydrogen-bond donors (Lipinski definition) is 1. The number of likely N-dealkylation sites (N-methyl/N-ethyl adjacent to an activating group) is 1. The molecule has 2 aromatic rings. The van der Waals surface area contributed by atoms with Crippen LogP contribution in [0.3, 0.4) is 0 Å². The number of nitrogens with one attached hydrogen (secondary N) is 1. The molecule has 2 aromatic carbocycles. The first-order chi connectivity index (χ1) is 9.58. The van der Waals surface area contributed by atoms with Crippen LogP contribution in [-0.4, -0.2) is 13.1 Å². The minimum absolute atomic E-state index is 0.158. The van der Waals surface area contributed by atoms with Crippen molar-refractivity contribution in [1.29, 1.82) is 0 Å². The van der Waals surface area contributed by atoms with Crippen LogP contribution >= 0.6 is 31.9 Å². The SMILES string of the molecule is CNC(Cc1cccc(Br)c1)Cc1ccc(Br)cc1F. The van der Waals surface area contributed by atoms with Crippen LogP contribution in [-0.2, 0) is 12.8 Å². The predicted molar refractivity (Wildman–Crippen MR) is 88.5 cm³/mol. The van der Waals surface area contributed by atoms with Crippen LogP contribution in [0.1, 0.15) is 11.1 Å². The van der Waals surface area contributed by atoms with E-state index in [9.17, 15) is 4.39 Å². The summed E-state index contributed by atoms with van der Waals surface area (Å²) < 4.78 is 15.7. The van der Waals surface area contributed by atoms with Gasteiger partial charge in [-0.15, -0.1) is 0 Å². The topological polar surface area (TPSA) is 12.0 Å². The van der Waals surface area contributed by atoms with Gasteiger partial charge in [0.25, 0.3) is 0 Å². The fraction of sp³-hybridized carbons (Fsp3) is 0.250. The second kappa shape index (κ2) is 7.34. The van der Waals surface area contributed by atoms with E-state index in [2.05, 4.69) is 49.3 Å². The summed E-state index contributed by atoms with van der Waals surface area (Å²) in [7, 11) is 1.92. The molecule has 0 spiro atoms. The molecule has 106 valence electrons. The average Bonchev–Trinajstić information content (AvgIpc) is 2.41. The van der Waals surface area contributed by atoms with Crippen LogP contribution in [0.4, 0.5) is 4.39 Å². The molecule has 0 aromatic heterocycles. The summed E-state index contributed by atoms with van der Waals surface area (Å²) in [4.78, 5) is 0. The number of halogens is 3. The zero-order valence-electron chi connectivity index (χ0n) is 11.2. The monoisotopic (exact) mass is 399 g/mol. The van der Waals surface area contributed by atoms with Crippen molar-refractivity contribution in [2.24, 2.45) is 0 Å². The van der Waals surface area contributed by atoms with Crippen molar-refractivity contribution in [3.8, 4) is 0 Å². The third-order valence-corrected chi connectivity index (χ3v) is 4.25. The fourth-order valence-electron chi connectivity index (χ4n) is 2.18. The molecule has 0 aliphatic rings. The first-order valence-corrected chi connectivity index (χ1v) is 8.02. The molecule has 1 atom stereocenters. The smallest absolute Gasteiger partial charge is 0.127 e. The van der Waals surface area contributed by atoms with Crippen LogP contribution in [0.15, 0.2) is 51.4 Å². The van der Waals surface area contributed by atoms with Crippen molar-refractivity contribution >= 4 is 31.9 Å². The van der Waals surface area contributed by atoms with E-state index < -0.39 is 0 Å². The Morgan fingerprint density at radius 1 is 1.05 bits per heavy atom. The zero-order valence-corrected chi connectivity index (χ0v) is 14.3. The van der Waals surface area contributed by atoms with Crippen LogP contribution in [0.25, 0.3) is 0 Å². The third-order valence-electron chi connectivity index (χ3n) is 3.26. The lowest BCUT2D eigenvalue weighted by Gasteiger charge is -2.17. The van der Waals surface area contributed by atoms with Gasteiger partial charge in [0, 0.05) is 15.0 Å². The summed E-state index contributed by atoms with van der Waals surface area (Å²) in [6.07, 6.45) is 1.54. The second-order valence-corrected chi connectivity index (χ2v) is 6.59. The predicted octanol–water partition coefficient (Wildman–Crippen LogP) is 4.72. The number of hydrogen-bond acceptors (Lipinski definition) is 1. The highest BCUT2D eigenvalue weighted by molar-refractivity contribution is 9.10. The van der Waals surface area contributed by atoms with Crippen LogP contribution in [0.5, 0.6) is 0 Å². The van der Waals surface area contributed by atoms with E-state index in [-0.39, 0.29) is 11.9 Å². The van der Waals surface area contributed by atoms with Gasteiger partial charge in [0.05, 0.1) is 0 Å². The molecule has 0 fully saturated rings. The van der Waals surface area contributed by atoms with Gasteiger partial charge in [-0.1, -0.05) is 50.1 Å². The van der Waals surface area contributed by atoms with Crippen molar-refractivity contribution < 1.29 is 4.39 Å². The standard InChI is InChI=1S/C16H16Br2FN/c1-20-15(8-11-3-2-4-13(17)7-11)9-12-5-6-14(18)10-16(12)19/h2-7,10,15,20H,8-9H2,1H3. The van der Waals surface area contributed by atoms with Gasteiger partial charge in [-0.3, -0.25) is 0 Å². The fourth-order valence-corrected chi connectivity index (χ4v) is 2.96. The summed E-state index contributed by atoms with van der Waals surface area (Å²) in [6, 6.07) is 13.7. The summed E-state index contributed by atoms with van der Waals surface area (Å²) in [5.74, 6) is -0.158. The number of benzene rings is 2. The van der Waals surface area contributed by atoms with E-state index in [0.717, 1.165) is 20.9 Å². The van der Waals surface area contributed by atoms with Gasteiger partial charge in [-0.25, -0.2) is 4.39 Å². The molecule has 0 aliphatic heterocycles. The van der Waals surface area contributed by atoms with E-state index in [1.807, 2.05) is 31.3 Å². The highest BCUT2D eigenvalue weighted by atomic mass is 79.9. The molecule has 0 saturated heterocycles. The molecule has 1 unspecified atom stereocenters. The summed E-state index contributed by atoms with van der Waals surface area (Å²) in [5, 5.41) is 3.27. The van der Waals surface area contributed by atoms with E-state index in [0.29, 0.717) is 6.42 Å². The molecule has 20 heavy (non-hydrogen) atoms. The molecule has 0 aliphatic carbocycles. The molecular formula is C16H16Br2FN. The first-order valence-electron chi connectivity index (χ1n) is 6.44. The molecule has 2 rings (SSSR count). The van der Waals surface area contributed by atoms with Gasteiger partial charge in [-0.05, 0) is 55.3 Å². The Morgan fingerprint density at radius 3 is 2.45 bits per heavy atom. The molecule has 0 heterocycles. The minimum Gasteiger partial charge on any atom is -0.316 e. The van der Waals surface area contributed by atoms with Crippen molar-refractivity contribution in [3.05, 3.63) is 68.4 Å². The lowest BCUT2D eigenvalue weighted by molar-refractivity contribution is 0.532. The number of rotatable bonds is 5. The average molecular weight is 401 g/mol. The van der Waals surface area contributed by atoms with E-state index in [4.69, 9.17) is 0 Å².